The molecule has 0 aliphatic heterocycles. The Balaban J connectivity index is 0.000000771. The number of rotatable bonds is 1. The lowest BCUT2D eigenvalue weighted by Gasteiger charge is -2.17. The van der Waals surface area contributed by atoms with Crippen molar-refractivity contribution in [2.75, 3.05) is 0 Å². The smallest absolute Gasteiger partial charge is 0.270 e. The Kier molecular flexibility index (Phi) is 4.11. The summed E-state index contributed by atoms with van der Waals surface area (Å²) in [5.74, 6) is 0. The van der Waals surface area contributed by atoms with Gasteiger partial charge in [0.15, 0.2) is 0 Å². The molecule has 1 N–H and O–H groups in total. The van der Waals surface area contributed by atoms with E-state index in [9.17, 15) is 10.1 Å². The fourth-order valence-corrected chi connectivity index (χ4v) is 1.84. The van der Waals surface area contributed by atoms with E-state index in [1.807, 2.05) is 20.0 Å². The lowest BCUT2D eigenvalue weighted by molar-refractivity contribution is -0.384. The summed E-state index contributed by atoms with van der Waals surface area (Å²) in [4.78, 5) is 13.5. The average Bonchev–Trinajstić information content (AvgIpc) is 2.73. The maximum absolute atomic E-state index is 10.7. The molecular weight excluding hydrogens is 228 g/mol. The van der Waals surface area contributed by atoms with E-state index >= 15 is 0 Å². The highest BCUT2D eigenvalue weighted by Crippen LogP contribution is 2.31. The fraction of sp³-hybridized carbons (Fsp3) is 0.429. The van der Waals surface area contributed by atoms with E-state index in [0.717, 1.165) is 16.5 Å². The van der Waals surface area contributed by atoms with Gasteiger partial charge in [-0.15, -0.1) is 0 Å². The zero-order valence-electron chi connectivity index (χ0n) is 11.6. The van der Waals surface area contributed by atoms with Crippen molar-refractivity contribution in [1.29, 1.82) is 0 Å². The zero-order chi connectivity index (χ0) is 13.9. The standard InChI is InChI=1S/C12H14N2O2.C2H6/c1-12(2,3)10-7-13-11-5-4-8(14(15)16)6-9(10)11;1-2/h4-7,13H,1-3H3;1-2H3. The molecule has 1 aromatic heterocycles. The summed E-state index contributed by atoms with van der Waals surface area (Å²) in [6.07, 6.45) is 1.92. The van der Waals surface area contributed by atoms with Crippen LogP contribution in [0.5, 0.6) is 0 Å². The quantitative estimate of drug-likeness (QED) is 0.600. The molecule has 98 valence electrons. The molecule has 0 saturated heterocycles. The van der Waals surface area contributed by atoms with Crippen molar-refractivity contribution in [2.24, 2.45) is 0 Å². The fourth-order valence-electron chi connectivity index (χ4n) is 1.84. The maximum atomic E-state index is 10.7. The maximum Gasteiger partial charge on any atom is 0.270 e. The summed E-state index contributed by atoms with van der Waals surface area (Å²) >= 11 is 0. The van der Waals surface area contributed by atoms with E-state index in [2.05, 4.69) is 25.8 Å². The molecule has 4 nitrogen and oxygen atoms in total. The molecular formula is C14H20N2O2. The van der Waals surface area contributed by atoms with Crippen LogP contribution in [0.1, 0.15) is 40.2 Å². The molecule has 0 bridgehead atoms. The van der Waals surface area contributed by atoms with Crippen LogP contribution in [0.25, 0.3) is 10.9 Å². The average molecular weight is 248 g/mol. The van der Waals surface area contributed by atoms with E-state index in [0.29, 0.717) is 0 Å². The minimum absolute atomic E-state index is 0.0204. The van der Waals surface area contributed by atoms with Gasteiger partial charge in [-0.05, 0) is 17.0 Å². The number of nitrogens with one attached hydrogen (secondary N) is 1. The van der Waals surface area contributed by atoms with Gasteiger partial charge in [0.2, 0.25) is 0 Å². The molecule has 1 heterocycles. The number of hydrogen-bond donors (Lipinski definition) is 1. The van der Waals surface area contributed by atoms with Crippen molar-refractivity contribution < 1.29 is 4.92 Å². The van der Waals surface area contributed by atoms with E-state index in [1.165, 1.54) is 6.07 Å². The van der Waals surface area contributed by atoms with Gasteiger partial charge in [0, 0.05) is 29.2 Å². The van der Waals surface area contributed by atoms with Crippen LogP contribution in [-0.4, -0.2) is 9.91 Å². The zero-order valence-corrected chi connectivity index (χ0v) is 11.6. The van der Waals surface area contributed by atoms with Gasteiger partial charge in [-0.25, -0.2) is 0 Å². The normalized spacial score (nSPS) is 10.9. The first kappa shape index (κ1) is 14.2. The molecule has 2 rings (SSSR count). The van der Waals surface area contributed by atoms with E-state index in [4.69, 9.17) is 0 Å². The van der Waals surface area contributed by atoms with Crippen LogP contribution < -0.4 is 0 Å². The monoisotopic (exact) mass is 248 g/mol. The summed E-state index contributed by atoms with van der Waals surface area (Å²) in [5.41, 5.74) is 2.16. The Morgan fingerprint density at radius 3 is 2.33 bits per heavy atom. The molecule has 1 aromatic carbocycles. The topological polar surface area (TPSA) is 58.9 Å². The molecule has 2 aromatic rings. The van der Waals surface area contributed by atoms with Crippen LogP contribution in [0.3, 0.4) is 0 Å². The lowest BCUT2D eigenvalue weighted by atomic mass is 9.87. The predicted octanol–water partition coefficient (Wildman–Crippen LogP) is 4.40. The van der Waals surface area contributed by atoms with Gasteiger partial charge < -0.3 is 4.98 Å². The van der Waals surface area contributed by atoms with Crippen LogP contribution >= 0.6 is 0 Å². The number of nitro groups is 1. The Labute approximate surface area is 107 Å². The number of aromatic nitrogens is 1. The van der Waals surface area contributed by atoms with Crippen LogP contribution in [0.4, 0.5) is 5.69 Å². The molecule has 0 spiro atoms. The van der Waals surface area contributed by atoms with Crippen molar-refractivity contribution in [3.63, 3.8) is 0 Å². The van der Waals surface area contributed by atoms with Gasteiger partial charge in [-0.1, -0.05) is 34.6 Å². The molecule has 0 fully saturated rings. The molecule has 4 heteroatoms. The Bertz CT molecular complexity index is 550. The van der Waals surface area contributed by atoms with Crippen molar-refractivity contribution >= 4 is 16.6 Å². The third kappa shape index (κ3) is 2.70. The van der Waals surface area contributed by atoms with Gasteiger partial charge in [0.25, 0.3) is 5.69 Å². The summed E-state index contributed by atoms with van der Waals surface area (Å²) in [5, 5.41) is 11.7. The molecule has 0 unspecified atom stereocenters. The van der Waals surface area contributed by atoms with Gasteiger partial charge in [0.1, 0.15) is 0 Å². The number of aromatic amines is 1. The Morgan fingerprint density at radius 1 is 1.22 bits per heavy atom. The molecule has 0 saturated carbocycles. The number of nitro benzene ring substituents is 1. The molecule has 0 radical (unpaired) electrons. The summed E-state index contributed by atoms with van der Waals surface area (Å²) in [6.45, 7) is 10.3. The number of hydrogen-bond acceptors (Lipinski definition) is 2. The SMILES string of the molecule is CC.CC(C)(C)c1c[nH]c2ccc([N+](=O)[O-])cc12. The van der Waals surface area contributed by atoms with Crippen molar-refractivity contribution in [1.82, 2.24) is 4.98 Å². The third-order valence-electron chi connectivity index (χ3n) is 2.68. The van der Waals surface area contributed by atoms with E-state index in [1.54, 1.807) is 12.1 Å². The summed E-state index contributed by atoms with van der Waals surface area (Å²) in [7, 11) is 0. The lowest BCUT2D eigenvalue weighted by Crippen LogP contribution is -2.09. The highest BCUT2D eigenvalue weighted by Gasteiger charge is 2.19. The second kappa shape index (κ2) is 5.21. The second-order valence-corrected chi connectivity index (χ2v) is 4.94. The number of nitrogens with zero attached hydrogens (tertiary/aromatic N) is 1. The first-order valence-electron chi connectivity index (χ1n) is 6.15. The second-order valence-electron chi connectivity index (χ2n) is 4.94. The number of benzene rings is 1. The first-order chi connectivity index (χ1) is 8.39. The minimum Gasteiger partial charge on any atom is -0.361 e. The minimum atomic E-state index is -0.362. The predicted molar refractivity (Wildman–Crippen MR) is 75.0 cm³/mol. The van der Waals surface area contributed by atoms with Crippen LogP contribution in [0, 0.1) is 10.1 Å². The van der Waals surface area contributed by atoms with E-state index < -0.39 is 0 Å². The molecule has 18 heavy (non-hydrogen) atoms. The highest BCUT2D eigenvalue weighted by atomic mass is 16.6. The van der Waals surface area contributed by atoms with Crippen LogP contribution in [0.2, 0.25) is 0 Å². The largest absolute Gasteiger partial charge is 0.361 e. The van der Waals surface area contributed by atoms with Crippen molar-refractivity contribution in [3.05, 3.63) is 40.1 Å². The van der Waals surface area contributed by atoms with Gasteiger partial charge in [-0.3, -0.25) is 10.1 Å². The number of non-ortho nitro benzene ring substituents is 1. The highest BCUT2D eigenvalue weighted by molar-refractivity contribution is 5.86. The Hall–Kier alpha value is -1.84. The van der Waals surface area contributed by atoms with Crippen LogP contribution in [0.15, 0.2) is 24.4 Å². The summed E-state index contributed by atoms with van der Waals surface area (Å²) < 4.78 is 0. The van der Waals surface area contributed by atoms with Crippen molar-refractivity contribution in [2.45, 2.75) is 40.0 Å². The summed E-state index contributed by atoms with van der Waals surface area (Å²) in [6, 6.07) is 4.90. The molecule has 0 atom stereocenters. The van der Waals surface area contributed by atoms with Gasteiger partial charge >= 0.3 is 0 Å². The number of fused-ring (bicyclic) bond motifs is 1. The number of H-pyrrole nitrogens is 1. The van der Waals surface area contributed by atoms with Gasteiger partial charge in [0.05, 0.1) is 4.92 Å². The third-order valence-corrected chi connectivity index (χ3v) is 2.68. The Morgan fingerprint density at radius 2 is 1.83 bits per heavy atom. The molecule has 0 amide bonds. The molecule has 0 aliphatic carbocycles. The van der Waals surface area contributed by atoms with Crippen LogP contribution in [-0.2, 0) is 5.41 Å². The van der Waals surface area contributed by atoms with Crippen molar-refractivity contribution in [3.8, 4) is 0 Å². The van der Waals surface area contributed by atoms with Gasteiger partial charge in [-0.2, -0.15) is 0 Å². The van der Waals surface area contributed by atoms with E-state index in [-0.39, 0.29) is 16.0 Å². The first-order valence-corrected chi connectivity index (χ1v) is 6.15. The molecule has 0 aliphatic rings.